The molecule has 2 rings (SSSR count). The van der Waals surface area contributed by atoms with Crippen molar-refractivity contribution in [3.8, 4) is 11.5 Å². The first kappa shape index (κ1) is 21.5. The number of carbonyl (C=O) groups is 1. The van der Waals surface area contributed by atoms with Crippen molar-refractivity contribution in [3.05, 3.63) is 23.3 Å². The largest absolute Gasteiger partial charge is 0.493 e. The predicted molar refractivity (Wildman–Crippen MR) is 108 cm³/mol. The number of ether oxygens (including phenoxy) is 2. The van der Waals surface area contributed by atoms with Crippen LogP contribution >= 0.6 is 0 Å². The number of hydrogen-bond donors (Lipinski definition) is 1. The van der Waals surface area contributed by atoms with Gasteiger partial charge in [0.15, 0.2) is 11.5 Å². The minimum Gasteiger partial charge on any atom is -0.493 e. The van der Waals surface area contributed by atoms with E-state index in [2.05, 4.69) is 30.9 Å². The van der Waals surface area contributed by atoms with Crippen molar-refractivity contribution in [2.75, 3.05) is 27.3 Å². The molecule has 0 saturated carbocycles. The van der Waals surface area contributed by atoms with Crippen molar-refractivity contribution in [3.63, 3.8) is 0 Å². The summed E-state index contributed by atoms with van der Waals surface area (Å²) in [6.07, 6.45) is 6.59. The average Bonchev–Trinajstić information content (AvgIpc) is 2.65. The molecule has 27 heavy (non-hydrogen) atoms. The van der Waals surface area contributed by atoms with Crippen LogP contribution in [0.3, 0.4) is 0 Å². The molecule has 1 unspecified atom stereocenters. The number of aliphatic carboxylic acids is 1. The van der Waals surface area contributed by atoms with Crippen LogP contribution in [0.5, 0.6) is 11.5 Å². The summed E-state index contributed by atoms with van der Waals surface area (Å²) in [6.45, 7) is 6.74. The molecule has 1 N–H and O–H groups in total. The van der Waals surface area contributed by atoms with E-state index in [0.717, 1.165) is 50.3 Å². The summed E-state index contributed by atoms with van der Waals surface area (Å²) < 4.78 is 11.0. The lowest BCUT2D eigenvalue weighted by atomic mass is 9.85. The van der Waals surface area contributed by atoms with Crippen LogP contribution in [-0.4, -0.2) is 43.3 Å². The van der Waals surface area contributed by atoms with E-state index in [1.165, 1.54) is 24.0 Å². The van der Waals surface area contributed by atoms with E-state index in [-0.39, 0.29) is 0 Å². The molecule has 0 fully saturated rings. The molecule has 1 heterocycles. The molecule has 0 aromatic heterocycles. The molecule has 0 radical (unpaired) electrons. The lowest BCUT2D eigenvalue weighted by Gasteiger charge is -2.40. The molecule has 1 aliphatic rings. The van der Waals surface area contributed by atoms with Gasteiger partial charge in [0.2, 0.25) is 0 Å². The zero-order valence-corrected chi connectivity index (χ0v) is 17.3. The Bertz CT molecular complexity index is 615. The van der Waals surface area contributed by atoms with Crippen LogP contribution in [0.1, 0.15) is 69.5 Å². The van der Waals surface area contributed by atoms with Crippen molar-refractivity contribution < 1.29 is 19.4 Å². The third kappa shape index (κ3) is 5.86. The van der Waals surface area contributed by atoms with Gasteiger partial charge in [0.25, 0.3) is 0 Å². The molecule has 0 bridgehead atoms. The molecular formula is C22H35NO4. The van der Waals surface area contributed by atoms with Crippen molar-refractivity contribution in [2.45, 2.75) is 64.8 Å². The Kier molecular flexibility index (Phi) is 8.42. The van der Waals surface area contributed by atoms with Gasteiger partial charge in [-0.15, -0.1) is 0 Å². The van der Waals surface area contributed by atoms with Crippen LogP contribution < -0.4 is 9.47 Å². The van der Waals surface area contributed by atoms with Gasteiger partial charge in [-0.3, -0.25) is 9.69 Å². The SMILES string of the molecule is COc1cc2c(cc1OC)C(C(C)C)N(CCCCCCCC(=O)O)CC2. The number of carboxylic acids is 1. The zero-order valence-electron chi connectivity index (χ0n) is 17.3. The first-order valence-electron chi connectivity index (χ1n) is 10.2. The highest BCUT2D eigenvalue weighted by atomic mass is 16.5. The van der Waals surface area contributed by atoms with Gasteiger partial charge in [-0.1, -0.05) is 33.1 Å². The van der Waals surface area contributed by atoms with Crippen molar-refractivity contribution in [2.24, 2.45) is 5.92 Å². The Morgan fingerprint density at radius 3 is 2.37 bits per heavy atom. The van der Waals surface area contributed by atoms with Gasteiger partial charge in [-0.25, -0.2) is 0 Å². The molecule has 0 amide bonds. The Labute approximate surface area is 163 Å². The Balaban J connectivity index is 1.96. The third-order valence-corrected chi connectivity index (χ3v) is 5.49. The van der Waals surface area contributed by atoms with Crippen LogP contribution in [0.15, 0.2) is 12.1 Å². The van der Waals surface area contributed by atoms with Gasteiger partial charge in [-0.2, -0.15) is 0 Å². The van der Waals surface area contributed by atoms with Crippen LogP contribution in [0.4, 0.5) is 0 Å². The smallest absolute Gasteiger partial charge is 0.303 e. The second-order valence-corrected chi connectivity index (χ2v) is 7.79. The van der Waals surface area contributed by atoms with Crippen LogP contribution in [0.2, 0.25) is 0 Å². The fourth-order valence-corrected chi connectivity index (χ4v) is 4.18. The summed E-state index contributed by atoms with van der Waals surface area (Å²) in [5.74, 6) is 1.46. The molecule has 5 heteroatoms. The molecule has 1 aromatic carbocycles. The number of rotatable bonds is 11. The second-order valence-electron chi connectivity index (χ2n) is 7.79. The van der Waals surface area contributed by atoms with Gasteiger partial charge < -0.3 is 14.6 Å². The molecule has 1 atom stereocenters. The van der Waals surface area contributed by atoms with E-state index < -0.39 is 5.97 Å². The molecule has 0 spiro atoms. The first-order chi connectivity index (χ1) is 13.0. The summed E-state index contributed by atoms with van der Waals surface area (Å²) in [4.78, 5) is 13.2. The monoisotopic (exact) mass is 377 g/mol. The molecule has 0 saturated heterocycles. The Morgan fingerprint density at radius 1 is 1.11 bits per heavy atom. The molecule has 1 aliphatic heterocycles. The zero-order chi connectivity index (χ0) is 19.8. The average molecular weight is 378 g/mol. The number of unbranched alkanes of at least 4 members (excludes halogenated alkanes) is 4. The number of carboxylic acid groups (broad SMARTS) is 1. The van der Waals surface area contributed by atoms with E-state index >= 15 is 0 Å². The van der Waals surface area contributed by atoms with Crippen molar-refractivity contribution in [1.29, 1.82) is 0 Å². The van der Waals surface area contributed by atoms with E-state index in [1.807, 2.05) is 0 Å². The highest BCUT2D eigenvalue weighted by Crippen LogP contribution is 2.41. The van der Waals surface area contributed by atoms with Gasteiger partial charge in [0, 0.05) is 19.0 Å². The summed E-state index contributed by atoms with van der Waals surface area (Å²) >= 11 is 0. The van der Waals surface area contributed by atoms with E-state index in [9.17, 15) is 4.79 Å². The maximum Gasteiger partial charge on any atom is 0.303 e. The van der Waals surface area contributed by atoms with E-state index in [0.29, 0.717) is 18.4 Å². The maximum absolute atomic E-state index is 10.6. The second kappa shape index (κ2) is 10.5. The lowest BCUT2D eigenvalue weighted by molar-refractivity contribution is -0.137. The Morgan fingerprint density at radius 2 is 1.74 bits per heavy atom. The van der Waals surface area contributed by atoms with Crippen molar-refractivity contribution >= 4 is 5.97 Å². The van der Waals surface area contributed by atoms with Gasteiger partial charge in [-0.05, 0) is 55.0 Å². The van der Waals surface area contributed by atoms with Gasteiger partial charge >= 0.3 is 5.97 Å². The summed E-state index contributed by atoms with van der Waals surface area (Å²) in [5, 5.41) is 8.69. The molecule has 0 aliphatic carbocycles. The minimum atomic E-state index is -0.686. The summed E-state index contributed by atoms with van der Waals surface area (Å²) in [7, 11) is 3.38. The van der Waals surface area contributed by atoms with Gasteiger partial charge in [0.05, 0.1) is 14.2 Å². The number of hydrogen-bond acceptors (Lipinski definition) is 4. The Hall–Kier alpha value is -1.75. The number of nitrogens with zero attached hydrogens (tertiary/aromatic N) is 1. The van der Waals surface area contributed by atoms with Crippen LogP contribution in [0, 0.1) is 5.92 Å². The van der Waals surface area contributed by atoms with Gasteiger partial charge in [0.1, 0.15) is 0 Å². The lowest BCUT2D eigenvalue weighted by Crippen LogP contribution is -2.38. The summed E-state index contributed by atoms with van der Waals surface area (Å²) in [5.41, 5.74) is 2.74. The molecule has 152 valence electrons. The fraction of sp³-hybridized carbons (Fsp3) is 0.682. The summed E-state index contributed by atoms with van der Waals surface area (Å²) in [6, 6.07) is 4.71. The predicted octanol–water partition coefficient (Wildman–Crippen LogP) is 4.68. The van der Waals surface area contributed by atoms with Crippen LogP contribution in [0.25, 0.3) is 0 Å². The molecular weight excluding hydrogens is 342 g/mol. The normalized spacial score (nSPS) is 17.0. The first-order valence-corrected chi connectivity index (χ1v) is 10.2. The highest BCUT2D eigenvalue weighted by molar-refractivity contribution is 5.66. The van der Waals surface area contributed by atoms with Crippen molar-refractivity contribution in [1.82, 2.24) is 4.90 Å². The van der Waals surface area contributed by atoms with E-state index in [4.69, 9.17) is 14.6 Å². The minimum absolute atomic E-state index is 0.295. The quantitative estimate of drug-likeness (QED) is 0.567. The molecule has 5 nitrogen and oxygen atoms in total. The topological polar surface area (TPSA) is 59.0 Å². The fourth-order valence-electron chi connectivity index (χ4n) is 4.18. The maximum atomic E-state index is 10.6. The number of fused-ring (bicyclic) bond motifs is 1. The van der Waals surface area contributed by atoms with E-state index in [1.54, 1.807) is 14.2 Å². The number of benzene rings is 1. The highest BCUT2D eigenvalue weighted by Gasteiger charge is 2.30. The standard InChI is InChI=1S/C22H35NO4/c1-16(2)22-18-15-20(27-4)19(26-3)14-17(18)11-13-23(22)12-9-7-5-6-8-10-21(24)25/h14-16,22H,5-13H2,1-4H3,(H,24,25). The van der Waals surface area contributed by atoms with Crippen LogP contribution in [-0.2, 0) is 11.2 Å². The third-order valence-electron chi connectivity index (χ3n) is 5.49. The number of methoxy groups -OCH3 is 2. The molecule has 1 aromatic rings.